The van der Waals surface area contributed by atoms with E-state index in [1.165, 1.54) is 57.9 Å². The van der Waals surface area contributed by atoms with Gasteiger partial charge in [-0.05, 0) is 37.5 Å². The van der Waals surface area contributed by atoms with Gasteiger partial charge in [0.2, 0.25) is 0 Å². The van der Waals surface area contributed by atoms with Crippen LogP contribution in [-0.4, -0.2) is 29.6 Å². The predicted octanol–water partition coefficient (Wildman–Crippen LogP) is 3.79. The molecule has 2 unspecified atom stereocenters. The minimum absolute atomic E-state index is 0.303. The molecule has 0 spiro atoms. The molecule has 0 aromatic heterocycles. The molecule has 2 aliphatic carbocycles. The Morgan fingerprint density at radius 1 is 1.11 bits per heavy atom. The molecule has 0 amide bonds. The lowest BCUT2D eigenvalue weighted by molar-refractivity contribution is -0.0247. The summed E-state index contributed by atoms with van der Waals surface area (Å²) in [5.41, 5.74) is 6.63. The Morgan fingerprint density at radius 2 is 1.74 bits per heavy atom. The van der Waals surface area contributed by atoms with Crippen LogP contribution < -0.4 is 5.73 Å². The molecule has 0 aromatic carbocycles. The van der Waals surface area contributed by atoms with Crippen LogP contribution in [0.4, 0.5) is 0 Å². The lowest BCUT2D eigenvalue weighted by atomic mass is 9.71. The quantitative estimate of drug-likeness (QED) is 0.820. The van der Waals surface area contributed by atoms with E-state index >= 15 is 0 Å². The molecule has 112 valence electrons. The topological polar surface area (TPSA) is 29.3 Å². The summed E-state index contributed by atoms with van der Waals surface area (Å²) in [7, 11) is 0. The molecule has 0 aromatic rings. The van der Waals surface area contributed by atoms with Crippen LogP contribution in [0.1, 0.15) is 72.1 Å². The molecule has 2 N–H and O–H groups in total. The van der Waals surface area contributed by atoms with E-state index in [0.29, 0.717) is 5.54 Å². The van der Waals surface area contributed by atoms with Crippen LogP contribution in [0.5, 0.6) is 0 Å². The van der Waals surface area contributed by atoms with E-state index in [1.807, 2.05) is 0 Å². The largest absolute Gasteiger partial charge is 0.329 e. The SMILES string of the molecule is CC(C)CN(C1CCCC1)C1(CN)CCCCC1C. The van der Waals surface area contributed by atoms with Crippen molar-refractivity contribution in [3.8, 4) is 0 Å². The van der Waals surface area contributed by atoms with Crippen LogP contribution in [0.15, 0.2) is 0 Å². The van der Waals surface area contributed by atoms with Crippen LogP contribution in [0, 0.1) is 11.8 Å². The van der Waals surface area contributed by atoms with Crippen LogP contribution in [0.25, 0.3) is 0 Å². The molecule has 2 saturated carbocycles. The van der Waals surface area contributed by atoms with Crippen molar-refractivity contribution >= 4 is 0 Å². The summed E-state index contributed by atoms with van der Waals surface area (Å²) < 4.78 is 0. The van der Waals surface area contributed by atoms with E-state index in [1.54, 1.807) is 0 Å². The fourth-order valence-electron chi connectivity index (χ4n) is 4.55. The van der Waals surface area contributed by atoms with Gasteiger partial charge in [0, 0.05) is 24.7 Å². The first-order valence-electron chi connectivity index (χ1n) is 8.57. The average molecular weight is 266 g/mol. The second-order valence-electron chi connectivity index (χ2n) is 7.44. The van der Waals surface area contributed by atoms with Gasteiger partial charge in [-0.25, -0.2) is 0 Å². The maximum Gasteiger partial charge on any atom is 0.0360 e. The second-order valence-corrected chi connectivity index (χ2v) is 7.44. The summed E-state index contributed by atoms with van der Waals surface area (Å²) in [6, 6.07) is 0.812. The molecule has 2 atom stereocenters. The smallest absolute Gasteiger partial charge is 0.0360 e. The highest BCUT2D eigenvalue weighted by Gasteiger charge is 2.45. The average Bonchev–Trinajstić information content (AvgIpc) is 2.90. The van der Waals surface area contributed by atoms with Crippen molar-refractivity contribution in [2.24, 2.45) is 17.6 Å². The van der Waals surface area contributed by atoms with E-state index in [2.05, 4.69) is 25.7 Å². The van der Waals surface area contributed by atoms with Crippen molar-refractivity contribution in [1.29, 1.82) is 0 Å². The third-order valence-electron chi connectivity index (χ3n) is 5.67. The van der Waals surface area contributed by atoms with E-state index in [9.17, 15) is 0 Å². The van der Waals surface area contributed by atoms with Gasteiger partial charge in [0.1, 0.15) is 0 Å². The highest BCUT2D eigenvalue weighted by atomic mass is 15.2. The molecule has 0 aliphatic heterocycles. The summed E-state index contributed by atoms with van der Waals surface area (Å²) >= 11 is 0. The Balaban J connectivity index is 2.21. The van der Waals surface area contributed by atoms with Crippen molar-refractivity contribution < 1.29 is 0 Å². The molecule has 0 saturated heterocycles. The summed E-state index contributed by atoms with van der Waals surface area (Å²) in [6.07, 6.45) is 11.1. The maximum absolute atomic E-state index is 6.33. The van der Waals surface area contributed by atoms with Crippen LogP contribution in [0.2, 0.25) is 0 Å². The third kappa shape index (κ3) is 3.16. The van der Waals surface area contributed by atoms with E-state index in [0.717, 1.165) is 24.4 Å². The minimum Gasteiger partial charge on any atom is -0.329 e. The Labute approximate surface area is 120 Å². The van der Waals surface area contributed by atoms with Gasteiger partial charge in [0.25, 0.3) is 0 Å². The number of hydrogen-bond acceptors (Lipinski definition) is 2. The van der Waals surface area contributed by atoms with Crippen LogP contribution in [0.3, 0.4) is 0 Å². The Morgan fingerprint density at radius 3 is 2.26 bits per heavy atom. The number of rotatable bonds is 5. The van der Waals surface area contributed by atoms with Crippen molar-refractivity contribution in [3.05, 3.63) is 0 Å². The van der Waals surface area contributed by atoms with Crippen molar-refractivity contribution in [1.82, 2.24) is 4.90 Å². The van der Waals surface area contributed by atoms with Gasteiger partial charge in [-0.15, -0.1) is 0 Å². The molecule has 2 heteroatoms. The van der Waals surface area contributed by atoms with Gasteiger partial charge < -0.3 is 5.73 Å². The molecule has 2 rings (SSSR count). The van der Waals surface area contributed by atoms with Gasteiger partial charge >= 0.3 is 0 Å². The fraction of sp³-hybridized carbons (Fsp3) is 1.00. The molecule has 0 heterocycles. The van der Waals surface area contributed by atoms with Crippen LogP contribution in [-0.2, 0) is 0 Å². The molecule has 2 fully saturated rings. The lowest BCUT2D eigenvalue weighted by Crippen LogP contribution is -2.62. The van der Waals surface area contributed by atoms with Crippen LogP contribution >= 0.6 is 0 Å². The number of hydrogen-bond donors (Lipinski definition) is 1. The van der Waals surface area contributed by atoms with Gasteiger partial charge in [-0.1, -0.05) is 46.5 Å². The van der Waals surface area contributed by atoms with Crippen molar-refractivity contribution in [2.45, 2.75) is 83.7 Å². The minimum atomic E-state index is 0.303. The molecule has 0 radical (unpaired) electrons. The first kappa shape index (κ1) is 15.3. The number of nitrogens with zero attached hydrogens (tertiary/aromatic N) is 1. The predicted molar refractivity (Wildman–Crippen MR) is 83.2 cm³/mol. The second kappa shape index (κ2) is 6.58. The number of nitrogens with two attached hydrogens (primary N) is 1. The van der Waals surface area contributed by atoms with Crippen molar-refractivity contribution in [3.63, 3.8) is 0 Å². The summed E-state index contributed by atoms with van der Waals surface area (Å²) in [5, 5.41) is 0. The zero-order chi connectivity index (χ0) is 13.9. The molecule has 2 aliphatic rings. The highest BCUT2D eigenvalue weighted by molar-refractivity contribution is 5.01. The molecular formula is C17H34N2. The summed E-state index contributed by atoms with van der Waals surface area (Å²) in [6.45, 7) is 9.28. The van der Waals surface area contributed by atoms with Crippen molar-refractivity contribution in [2.75, 3.05) is 13.1 Å². The molecule has 0 bridgehead atoms. The zero-order valence-electron chi connectivity index (χ0n) is 13.3. The van der Waals surface area contributed by atoms with Gasteiger partial charge in [0.05, 0.1) is 0 Å². The molecular weight excluding hydrogens is 232 g/mol. The van der Waals surface area contributed by atoms with Gasteiger partial charge in [-0.3, -0.25) is 4.90 Å². The highest BCUT2D eigenvalue weighted by Crippen LogP contribution is 2.41. The summed E-state index contributed by atoms with van der Waals surface area (Å²) in [5.74, 6) is 1.52. The van der Waals surface area contributed by atoms with E-state index in [4.69, 9.17) is 5.73 Å². The monoisotopic (exact) mass is 266 g/mol. The van der Waals surface area contributed by atoms with Gasteiger partial charge in [-0.2, -0.15) is 0 Å². The first-order chi connectivity index (χ1) is 9.10. The standard InChI is InChI=1S/C17H34N2/c1-14(2)12-19(16-9-4-5-10-16)17(13-18)11-7-6-8-15(17)3/h14-16H,4-13,18H2,1-3H3. The summed E-state index contributed by atoms with van der Waals surface area (Å²) in [4.78, 5) is 2.87. The van der Waals surface area contributed by atoms with E-state index < -0.39 is 0 Å². The lowest BCUT2D eigenvalue weighted by Gasteiger charge is -2.53. The normalized spacial score (nSPS) is 33.5. The zero-order valence-corrected chi connectivity index (χ0v) is 13.3. The first-order valence-corrected chi connectivity index (χ1v) is 8.57. The molecule has 19 heavy (non-hydrogen) atoms. The molecule has 2 nitrogen and oxygen atoms in total. The third-order valence-corrected chi connectivity index (χ3v) is 5.67. The van der Waals surface area contributed by atoms with Gasteiger partial charge in [0.15, 0.2) is 0 Å². The Hall–Kier alpha value is -0.0800. The fourth-order valence-corrected chi connectivity index (χ4v) is 4.55. The Kier molecular flexibility index (Phi) is 5.30. The van der Waals surface area contributed by atoms with E-state index in [-0.39, 0.29) is 0 Å². The Bertz CT molecular complexity index is 270. The maximum atomic E-state index is 6.33.